The number of nitrogens with zero attached hydrogens (tertiary/aromatic N) is 4. The van der Waals surface area contributed by atoms with Gasteiger partial charge < -0.3 is 15.0 Å². The highest BCUT2D eigenvalue weighted by atomic mass is 19.1. The molecule has 1 N–H and O–H groups in total. The average Bonchev–Trinajstić information content (AvgIpc) is 3.64. The van der Waals surface area contributed by atoms with E-state index in [0.29, 0.717) is 43.6 Å². The summed E-state index contributed by atoms with van der Waals surface area (Å²) >= 11 is 0. The van der Waals surface area contributed by atoms with Gasteiger partial charge in [-0.2, -0.15) is 9.97 Å². The largest absolute Gasteiger partial charge is 0.461 e. The smallest absolute Gasteiger partial charge is 0.316 e. The molecule has 216 valence electrons. The molecule has 8 rings (SSSR count). The zero-order valence-electron chi connectivity index (χ0n) is 24.2. The molecule has 0 radical (unpaired) electrons. The monoisotopic (exact) mass is 555 g/mol. The van der Waals surface area contributed by atoms with Crippen molar-refractivity contribution >= 4 is 16.5 Å². The van der Waals surface area contributed by atoms with Crippen molar-refractivity contribution in [1.29, 1.82) is 0 Å². The summed E-state index contributed by atoms with van der Waals surface area (Å²) < 4.78 is 20.9. The van der Waals surface area contributed by atoms with E-state index < -0.39 is 6.17 Å². The Balaban J connectivity index is 1.14. The summed E-state index contributed by atoms with van der Waals surface area (Å²) in [6, 6.07) is 15.0. The molecule has 41 heavy (non-hydrogen) atoms. The molecule has 2 aromatic carbocycles. The number of alkyl halides is 1. The molecule has 6 heterocycles. The summed E-state index contributed by atoms with van der Waals surface area (Å²) in [5.74, 6) is 0.450. The normalized spacial score (nSPS) is 31.0. The number of piperidine rings is 1. The number of fused-ring (bicyclic) bond motifs is 5. The molecule has 3 aromatic rings. The zero-order valence-corrected chi connectivity index (χ0v) is 24.2. The molecular formula is C34H42FN5O. The van der Waals surface area contributed by atoms with Crippen molar-refractivity contribution < 1.29 is 9.13 Å². The molecular weight excluding hydrogens is 513 g/mol. The second kappa shape index (κ2) is 10.2. The minimum absolute atomic E-state index is 0.196. The maximum absolute atomic E-state index is 14.5. The quantitative estimate of drug-likeness (QED) is 0.421. The molecule has 4 saturated heterocycles. The molecule has 6 nitrogen and oxygen atoms in total. The Bertz CT molecular complexity index is 1450. The van der Waals surface area contributed by atoms with Gasteiger partial charge in [-0.1, -0.05) is 37.3 Å². The minimum Gasteiger partial charge on any atom is -0.461 e. The molecule has 0 spiro atoms. The molecule has 1 aromatic heterocycles. The highest BCUT2D eigenvalue weighted by Crippen LogP contribution is 2.43. The second-order valence-electron chi connectivity index (χ2n) is 13.3. The first-order chi connectivity index (χ1) is 20.1. The van der Waals surface area contributed by atoms with Crippen LogP contribution in [0, 0.1) is 0 Å². The van der Waals surface area contributed by atoms with Gasteiger partial charge in [0, 0.05) is 48.6 Å². The fourth-order valence-corrected chi connectivity index (χ4v) is 8.93. The van der Waals surface area contributed by atoms with Crippen molar-refractivity contribution in [3.8, 4) is 6.01 Å². The highest BCUT2D eigenvalue weighted by Gasteiger charge is 2.49. The number of benzene rings is 2. The first-order valence-electron chi connectivity index (χ1n) is 16.0. The SMILES string of the molecule is CCc1cccc2cccc(N3CCc4c(nc(OC[C@@]56CCCN5C[C@H](F)C6)nc4C4C[C@H]5CC[C@@H](C4)N5)C3)c12. The number of ether oxygens (including phenoxy) is 1. The number of hydrogen-bond acceptors (Lipinski definition) is 6. The van der Waals surface area contributed by atoms with Crippen LogP contribution in [-0.4, -0.2) is 64.9 Å². The van der Waals surface area contributed by atoms with Crippen LogP contribution >= 0.6 is 0 Å². The summed E-state index contributed by atoms with van der Waals surface area (Å²) in [4.78, 5) is 15.1. The molecule has 0 saturated carbocycles. The topological polar surface area (TPSA) is 53.5 Å². The summed E-state index contributed by atoms with van der Waals surface area (Å²) in [6.45, 7) is 5.96. The third-order valence-electron chi connectivity index (χ3n) is 10.9. The van der Waals surface area contributed by atoms with Crippen LogP contribution in [0.4, 0.5) is 10.1 Å². The molecule has 2 bridgehead atoms. The van der Waals surface area contributed by atoms with Gasteiger partial charge in [0.2, 0.25) is 0 Å². The standard InChI is InChI=1S/C34H42FN5O/c1-2-22-6-3-7-23-8-4-9-30(31(22)23)39-15-12-28-29(20-39)37-33(38-32(28)24-16-26-10-11-27(17-24)36-26)41-21-34-13-5-14-40(34)19-25(35)18-34/h3-4,6-9,24-27,36H,2,5,10-21H2,1H3/t24?,25-,26-,27+,34+/m1/s1. The zero-order chi connectivity index (χ0) is 27.6. The number of hydrogen-bond donors (Lipinski definition) is 1. The van der Waals surface area contributed by atoms with E-state index >= 15 is 0 Å². The van der Waals surface area contributed by atoms with Crippen molar-refractivity contribution in [3.63, 3.8) is 0 Å². The van der Waals surface area contributed by atoms with E-state index in [1.807, 2.05) is 0 Å². The van der Waals surface area contributed by atoms with Gasteiger partial charge in [-0.3, -0.25) is 4.90 Å². The number of anilines is 1. The van der Waals surface area contributed by atoms with Gasteiger partial charge in [-0.15, -0.1) is 0 Å². The molecule has 4 fully saturated rings. The Morgan fingerprint density at radius 3 is 2.73 bits per heavy atom. The van der Waals surface area contributed by atoms with E-state index in [4.69, 9.17) is 14.7 Å². The summed E-state index contributed by atoms with van der Waals surface area (Å²) in [7, 11) is 0. The molecule has 1 unspecified atom stereocenters. The maximum atomic E-state index is 14.5. The van der Waals surface area contributed by atoms with Gasteiger partial charge in [-0.25, -0.2) is 4.39 Å². The first kappa shape index (κ1) is 25.9. The average molecular weight is 556 g/mol. The lowest BCUT2D eigenvalue weighted by Gasteiger charge is -2.35. The number of aromatic nitrogens is 2. The van der Waals surface area contributed by atoms with Crippen LogP contribution in [0.1, 0.15) is 80.3 Å². The molecule has 7 heteroatoms. The van der Waals surface area contributed by atoms with Crippen LogP contribution in [0.25, 0.3) is 10.8 Å². The maximum Gasteiger partial charge on any atom is 0.316 e. The van der Waals surface area contributed by atoms with Gasteiger partial charge in [-0.05, 0) is 80.5 Å². The third kappa shape index (κ3) is 4.51. The summed E-state index contributed by atoms with van der Waals surface area (Å²) in [5, 5.41) is 6.47. The Morgan fingerprint density at radius 1 is 1.07 bits per heavy atom. The van der Waals surface area contributed by atoms with Crippen LogP contribution < -0.4 is 15.0 Å². The molecule has 5 aliphatic heterocycles. The van der Waals surface area contributed by atoms with E-state index in [0.717, 1.165) is 63.9 Å². The van der Waals surface area contributed by atoms with Crippen LogP contribution in [0.3, 0.4) is 0 Å². The van der Waals surface area contributed by atoms with E-state index in [1.165, 1.54) is 46.1 Å². The van der Waals surface area contributed by atoms with E-state index in [1.54, 1.807) is 0 Å². The van der Waals surface area contributed by atoms with E-state index in [9.17, 15) is 4.39 Å². The van der Waals surface area contributed by atoms with Crippen molar-refractivity contribution in [2.75, 3.05) is 31.1 Å². The molecule has 0 amide bonds. The van der Waals surface area contributed by atoms with Crippen LogP contribution in [0.5, 0.6) is 6.01 Å². The first-order valence-corrected chi connectivity index (χ1v) is 16.0. The lowest BCUT2D eigenvalue weighted by Crippen LogP contribution is -2.43. The number of halogens is 1. The predicted octanol–water partition coefficient (Wildman–Crippen LogP) is 5.71. The van der Waals surface area contributed by atoms with Crippen molar-refractivity contribution in [2.45, 2.75) is 101 Å². The van der Waals surface area contributed by atoms with Gasteiger partial charge in [0.05, 0.1) is 23.5 Å². The molecule has 5 aliphatic rings. The number of aryl methyl sites for hydroxylation is 1. The third-order valence-corrected chi connectivity index (χ3v) is 10.9. The molecule has 5 atom stereocenters. The Kier molecular flexibility index (Phi) is 6.44. The van der Waals surface area contributed by atoms with Crippen LogP contribution in [-0.2, 0) is 19.4 Å². The van der Waals surface area contributed by atoms with Crippen LogP contribution in [0.15, 0.2) is 36.4 Å². The fraction of sp³-hybridized carbons (Fsp3) is 0.588. The van der Waals surface area contributed by atoms with Crippen LogP contribution in [0.2, 0.25) is 0 Å². The van der Waals surface area contributed by atoms with Gasteiger partial charge in [0.25, 0.3) is 0 Å². The predicted molar refractivity (Wildman–Crippen MR) is 161 cm³/mol. The van der Waals surface area contributed by atoms with Crippen molar-refractivity contribution in [3.05, 3.63) is 58.9 Å². The van der Waals surface area contributed by atoms with Gasteiger partial charge >= 0.3 is 6.01 Å². The Morgan fingerprint density at radius 2 is 1.90 bits per heavy atom. The second-order valence-corrected chi connectivity index (χ2v) is 13.3. The summed E-state index contributed by atoms with van der Waals surface area (Å²) in [5.41, 5.74) is 6.19. The Hall–Kier alpha value is -2.77. The fourth-order valence-electron chi connectivity index (χ4n) is 8.93. The Labute approximate surface area is 242 Å². The van der Waals surface area contributed by atoms with Gasteiger partial charge in [0.1, 0.15) is 12.8 Å². The number of rotatable bonds is 6. The molecule has 0 aliphatic carbocycles. The minimum atomic E-state index is -0.758. The van der Waals surface area contributed by atoms with Crippen molar-refractivity contribution in [1.82, 2.24) is 20.2 Å². The van der Waals surface area contributed by atoms with Gasteiger partial charge in [0.15, 0.2) is 0 Å². The number of nitrogens with one attached hydrogen (secondary N) is 1. The van der Waals surface area contributed by atoms with Crippen molar-refractivity contribution in [2.24, 2.45) is 0 Å². The lowest BCUT2D eigenvalue weighted by molar-refractivity contribution is 0.106. The van der Waals surface area contributed by atoms with E-state index in [2.05, 4.69) is 58.4 Å². The highest BCUT2D eigenvalue weighted by molar-refractivity contribution is 5.97. The lowest BCUT2D eigenvalue weighted by atomic mass is 9.85. The summed E-state index contributed by atoms with van der Waals surface area (Å²) in [6.07, 6.45) is 8.73. The van der Waals surface area contributed by atoms with E-state index in [-0.39, 0.29) is 5.54 Å².